The second-order valence-corrected chi connectivity index (χ2v) is 9.28. The number of ether oxygens (including phenoxy) is 1. The molecule has 152 valence electrons. The quantitative estimate of drug-likeness (QED) is 0.664. The molecule has 27 heavy (non-hydrogen) atoms. The summed E-state index contributed by atoms with van der Waals surface area (Å²) in [7, 11) is 0. The number of rotatable bonds is 7. The molecule has 2 rings (SSSR count). The number of hydrogen-bond donors (Lipinski definition) is 1. The Bertz CT molecular complexity index is 637. The van der Waals surface area contributed by atoms with Crippen LogP contribution in [0.1, 0.15) is 73.1 Å². The number of carboxylic acid groups (broad SMARTS) is 1. The normalized spacial score (nSPS) is 34.4. The first kappa shape index (κ1) is 21.6. The van der Waals surface area contributed by atoms with E-state index < -0.39 is 5.97 Å². The van der Waals surface area contributed by atoms with Gasteiger partial charge in [-0.25, -0.2) is 0 Å². The molecule has 0 aromatic heterocycles. The summed E-state index contributed by atoms with van der Waals surface area (Å²) in [6.07, 6.45) is 6.20. The topological polar surface area (TPSA) is 80.7 Å². The van der Waals surface area contributed by atoms with Crippen molar-refractivity contribution < 1.29 is 24.2 Å². The fourth-order valence-electron chi connectivity index (χ4n) is 5.32. The number of ketones is 1. The van der Waals surface area contributed by atoms with Crippen LogP contribution in [-0.4, -0.2) is 29.4 Å². The minimum atomic E-state index is -0.756. The second kappa shape index (κ2) is 8.15. The predicted molar refractivity (Wildman–Crippen MR) is 103 cm³/mol. The maximum Gasteiger partial charge on any atom is 0.303 e. The highest BCUT2D eigenvalue weighted by Gasteiger charge is 2.55. The van der Waals surface area contributed by atoms with E-state index in [1.54, 1.807) is 6.08 Å². The van der Waals surface area contributed by atoms with Crippen molar-refractivity contribution in [1.29, 1.82) is 0 Å². The Morgan fingerprint density at radius 2 is 2.04 bits per heavy atom. The molecule has 0 amide bonds. The molecule has 2 aliphatic rings. The lowest BCUT2D eigenvalue weighted by atomic mass is 9.46. The van der Waals surface area contributed by atoms with E-state index in [1.807, 2.05) is 6.92 Å². The molecule has 0 bridgehead atoms. The van der Waals surface area contributed by atoms with E-state index in [9.17, 15) is 14.4 Å². The van der Waals surface area contributed by atoms with Gasteiger partial charge in [-0.2, -0.15) is 0 Å². The van der Waals surface area contributed by atoms with Gasteiger partial charge in [0.15, 0.2) is 5.78 Å². The van der Waals surface area contributed by atoms with Gasteiger partial charge in [0, 0.05) is 19.8 Å². The number of fused-ring (bicyclic) bond motifs is 1. The van der Waals surface area contributed by atoms with E-state index >= 15 is 0 Å². The summed E-state index contributed by atoms with van der Waals surface area (Å²) in [4.78, 5) is 34.8. The Morgan fingerprint density at radius 3 is 2.63 bits per heavy atom. The molecule has 1 N–H and O–H groups in total. The van der Waals surface area contributed by atoms with Crippen LogP contribution in [0.2, 0.25) is 0 Å². The third kappa shape index (κ3) is 4.61. The minimum absolute atomic E-state index is 0.0366. The molecule has 1 saturated carbocycles. The Balaban J connectivity index is 2.26. The van der Waals surface area contributed by atoms with E-state index in [-0.39, 0.29) is 47.4 Å². The molecule has 0 aromatic rings. The van der Waals surface area contributed by atoms with Crippen LogP contribution in [0.5, 0.6) is 0 Å². The molecule has 0 radical (unpaired) electrons. The van der Waals surface area contributed by atoms with Crippen molar-refractivity contribution in [3.05, 3.63) is 11.6 Å². The van der Waals surface area contributed by atoms with Crippen molar-refractivity contribution in [2.75, 3.05) is 6.61 Å². The van der Waals surface area contributed by atoms with Crippen LogP contribution in [-0.2, 0) is 19.1 Å². The molecule has 5 atom stereocenters. The second-order valence-electron chi connectivity index (χ2n) is 9.28. The lowest BCUT2D eigenvalue weighted by Gasteiger charge is -2.58. The summed E-state index contributed by atoms with van der Waals surface area (Å²) in [5.74, 6) is -0.201. The Hall–Kier alpha value is -1.65. The number of carboxylic acids is 1. The minimum Gasteiger partial charge on any atom is -0.481 e. The largest absolute Gasteiger partial charge is 0.481 e. The van der Waals surface area contributed by atoms with Crippen molar-refractivity contribution in [3.8, 4) is 0 Å². The highest BCUT2D eigenvalue weighted by molar-refractivity contribution is 5.92. The first-order valence-corrected chi connectivity index (χ1v) is 10.1. The fraction of sp³-hybridized carbons (Fsp3) is 0.773. The van der Waals surface area contributed by atoms with E-state index in [4.69, 9.17) is 9.84 Å². The molecular weight excluding hydrogens is 344 g/mol. The SMILES string of the molecule is CC(=O)OCC1=CC(=O)C[C@@H]2[C@](C)(CC[C@@H](C)CC(=O)O)[C@@H](C)CC[C@]12C. The van der Waals surface area contributed by atoms with Crippen molar-refractivity contribution >= 4 is 17.7 Å². The van der Waals surface area contributed by atoms with E-state index in [2.05, 4.69) is 20.8 Å². The number of esters is 1. The van der Waals surface area contributed by atoms with Crippen LogP contribution in [0.25, 0.3) is 0 Å². The van der Waals surface area contributed by atoms with Crippen molar-refractivity contribution in [2.45, 2.75) is 73.1 Å². The molecule has 2 aliphatic carbocycles. The molecule has 5 nitrogen and oxygen atoms in total. The van der Waals surface area contributed by atoms with Crippen molar-refractivity contribution in [3.63, 3.8) is 0 Å². The van der Waals surface area contributed by atoms with Gasteiger partial charge >= 0.3 is 11.9 Å². The Labute approximate surface area is 162 Å². The Kier molecular flexibility index (Phi) is 6.54. The summed E-state index contributed by atoms with van der Waals surface area (Å²) in [6.45, 7) is 10.3. The van der Waals surface area contributed by atoms with Crippen molar-refractivity contribution in [1.82, 2.24) is 0 Å². The van der Waals surface area contributed by atoms with Crippen LogP contribution in [0.3, 0.4) is 0 Å². The van der Waals surface area contributed by atoms with Crippen LogP contribution in [0, 0.1) is 28.6 Å². The van der Waals surface area contributed by atoms with Gasteiger partial charge in [0.1, 0.15) is 6.61 Å². The maximum absolute atomic E-state index is 12.5. The van der Waals surface area contributed by atoms with Gasteiger partial charge in [0.05, 0.1) is 0 Å². The molecule has 1 fully saturated rings. The lowest BCUT2D eigenvalue weighted by molar-refractivity contribution is -0.142. The number of carbonyl (C=O) groups is 3. The summed E-state index contributed by atoms with van der Waals surface area (Å²) in [5, 5.41) is 9.05. The van der Waals surface area contributed by atoms with Gasteiger partial charge in [0.25, 0.3) is 0 Å². The molecule has 0 saturated heterocycles. The zero-order valence-corrected chi connectivity index (χ0v) is 17.3. The van der Waals surface area contributed by atoms with Gasteiger partial charge in [0.2, 0.25) is 0 Å². The first-order chi connectivity index (χ1) is 12.5. The molecular formula is C22H34O5. The van der Waals surface area contributed by atoms with Crippen LogP contribution in [0.4, 0.5) is 0 Å². The standard InChI is InChI=1S/C22H34O5/c1-14(10-20(25)26)6-8-21(4)15(2)7-9-22(5)17(13-27-16(3)23)11-18(24)12-19(21)22/h11,14-15,19H,6-10,12-13H2,1-5H3,(H,25,26)/t14-,15+,19-,21-,22-/m1/s1. The number of carbonyl (C=O) groups excluding carboxylic acids is 2. The van der Waals surface area contributed by atoms with Crippen molar-refractivity contribution in [2.24, 2.45) is 28.6 Å². The van der Waals surface area contributed by atoms with Gasteiger partial charge in [-0.1, -0.05) is 27.7 Å². The third-order valence-electron chi connectivity index (χ3n) is 7.39. The zero-order chi connectivity index (χ0) is 20.4. The number of allylic oxidation sites excluding steroid dienone is 1. The van der Waals surface area contributed by atoms with E-state index in [0.717, 1.165) is 31.3 Å². The number of hydrogen-bond acceptors (Lipinski definition) is 4. The molecule has 0 heterocycles. The van der Waals surface area contributed by atoms with Crippen LogP contribution < -0.4 is 0 Å². The van der Waals surface area contributed by atoms with E-state index in [1.165, 1.54) is 6.92 Å². The zero-order valence-electron chi connectivity index (χ0n) is 17.3. The summed E-state index contributed by atoms with van der Waals surface area (Å²) >= 11 is 0. The Morgan fingerprint density at radius 1 is 1.37 bits per heavy atom. The highest BCUT2D eigenvalue weighted by Crippen LogP contribution is 2.61. The summed E-state index contributed by atoms with van der Waals surface area (Å²) in [5.41, 5.74) is 0.752. The molecule has 0 unspecified atom stereocenters. The monoisotopic (exact) mass is 378 g/mol. The van der Waals surface area contributed by atoms with Gasteiger partial charge < -0.3 is 9.84 Å². The fourth-order valence-corrected chi connectivity index (χ4v) is 5.32. The van der Waals surface area contributed by atoms with Gasteiger partial charge in [-0.15, -0.1) is 0 Å². The average molecular weight is 379 g/mol. The lowest BCUT2D eigenvalue weighted by Crippen LogP contribution is -2.52. The van der Waals surface area contributed by atoms with Crippen LogP contribution in [0.15, 0.2) is 11.6 Å². The molecule has 0 spiro atoms. The molecule has 5 heteroatoms. The number of aliphatic carboxylic acids is 1. The van der Waals surface area contributed by atoms with Crippen LogP contribution >= 0.6 is 0 Å². The summed E-state index contributed by atoms with van der Waals surface area (Å²) in [6, 6.07) is 0. The highest BCUT2D eigenvalue weighted by atomic mass is 16.5. The summed E-state index contributed by atoms with van der Waals surface area (Å²) < 4.78 is 5.26. The van der Waals surface area contributed by atoms with E-state index in [0.29, 0.717) is 12.3 Å². The molecule has 0 aliphatic heterocycles. The third-order valence-corrected chi connectivity index (χ3v) is 7.39. The van der Waals surface area contributed by atoms with Gasteiger partial charge in [-0.05, 0) is 65.9 Å². The first-order valence-electron chi connectivity index (χ1n) is 10.1. The maximum atomic E-state index is 12.5. The predicted octanol–water partition coefficient (Wildman–Crippen LogP) is 4.40. The smallest absolute Gasteiger partial charge is 0.303 e. The average Bonchev–Trinajstić information content (AvgIpc) is 2.56. The van der Waals surface area contributed by atoms with Gasteiger partial charge in [-0.3, -0.25) is 14.4 Å². The molecule has 0 aromatic carbocycles.